The lowest BCUT2D eigenvalue weighted by atomic mass is 10.1. The topological polar surface area (TPSA) is 52.6 Å². The molecule has 0 aromatic carbocycles. The number of carbonyl (C=O) groups is 2. The Hall–Kier alpha value is -1.10. The van der Waals surface area contributed by atoms with E-state index in [0.29, 0.717) is 30.8 Å². The summed E-state index contributed by atoms with van der Waals surface area (Å²) in [4.78, 5) is 22.3. The van der Waals surface area contributed by atoms with Gasteiger partial charge in [0, 0.05) is 0 Å². The fraction of sp³-hybridized carbons (Fsp3) is 0.889. The van der Waals surface area contributed by atoms with Crippen LogP contribution in [0.3, 0.4) is 0 Å². The highest BCUT2D eigenvalue weighted by atomic mass is 16.7. The maximum Gasteiger partial charge on any atom is 0.508 e. The molecule has 0 saturated heterocycles. The fourth-order valence-corrected chi connectivity index (χ4v) is 2.63. The highest BCUT2D eigenvalue weighted by Gasteiger charge is 2.23. The zero-order valence-electron chi connectivity index (χ0n) is 15.3. The van der Waals surface area contributed by atoms with Gasteiger partial charge in [-0.1, -0.05) is 45.4 Å². The maximum absolute atomic E-state index is 11.5. The summed E-state index contributed by atoms with van der Waals surface area (Å²) in [6.45, 7) is 9.85. The van der Waals surface area contributed by atoms with E-state index in [1.54, 1.807) is 0 Å². The number of aldehydes is 1. The van der Waals surface area contributed by atoms with Gasteiger partial charge in [-0.2, -0.15) is 0 Å². The lowest BCUT2D eigenvalue weighted by Gasteiger charge is -2.34. The third-order valence-corrected chi connectivity index (χ3v) is 4.56. The van der Waals surface area contributed by atoms with Gasteiger partial charge < -0.3 is 14.0 Å². The smallest absolute Gasteiger partial charge is 0.434 e. The van der Waals surface area contributed by atoms with Gasteiger partial charge in [-0.25, -0.2) is 4.79 Å². The minimum atomic E-state index is -0.590. The summed E-state index contributed by atoms with van der Waals surface area (Å²) in [6, 6.07) is 0. The first-order valence-corrected chi connectivity index (χ1v) is 9.22. The van der Waals surface area contributed by atoms with Crippen LogP contribution < -0.4 is 0 Å². The molecule has 0 fully saturated rings. The van der Waals surface area contributed by atoms with Crippen molar-refractivity contribution >= 4 is 12.4 Å². The van der Waals surface area contributed by atoms with E-state index in [2.05, 4.69) is 6.92 Å². The second kappa shape index (κ2) is 14.5. The first kappa shape index (κ1) is 21.9. The van der Waals surface area contributed by atoms with E-state index in [9.17, 15) is 9.59 Å². The van der Waals surface area contributed by atoms with Gasteiger partial charge in [-0.05, 0) is 20.3 Å². The average molecular weight is 330 g/mol. The Morgan fingerprint density at radius 1 is 0.870 bits per heavy atom. The summed E-state index contributed by atoms with van der Waals surface area (Å²) in [5.41, 5.74) is 0. The van der Waals surface area contributed by atoms with Gasteiger partial charge in [0.05, 0.1) is 19.7 Å². The predicted octanol–water partition coefficient (Wildman–Crippen LogP) is 3.95. The van der Waals surface area contributed by atoms with Crippen molar-refractivity contribution < 1.29 is 23.5 Å². The van der Waals surface area contributed by atoms with E-state index in [1.807, 2.05) is 13.8 Å². The Morgan fingerprint density at radius 2 is 1.43 bits per heavy atom. The Labute approximate surface area is 141 Å². The second-order valence-corrected chi connectivity index (χ2v) is 6.12. The monoisotopic (exact) mass is 330 g/mol. The molecule has 5 heteroatoms. The van der Waals surface area contributed by atoms with Crippen LogP contribution in [0, 0.1) is 0 Å². The number of nitrogens with zero attached hydrogens (tertiary/aromatic N) is 1. The zero-order valence-corrected chi connectivity index (χ0v) is 15.3. The molecule has 0 radical (unpaired) electrons. The van der Waals surface area contributed by atoms with Crippen molar-refractivity contribution in [2.45, 2.75) is 65.7 Å². The minimum absolute atomic E-state index is 0.297. The molecule has 0 N–H and O–H groups in total. The number of ether oxygens (including phenoxy) is 2. The van der Waals surface area contributed by atoms with Crippen molar-refractivity contribution in [2.24, 2.45) is 0 Å². The molecule has 0 rings (SSSR count). The van der Waals surface area contributed by atoms with Crippen molar-refractivity contribution in [2.75, 3.05) is 39.4 Å². The number of hydrogen-bond acceptors (Lipinski definition) is 4. The lowest BCUT2D eigenvalue weighted by Crippen LogP contribution is -2.51. The predicted molar refractivity (Wildman–Crippen MR) is 92.4 cm³/mol. The zero-order chi connectivity index (χ0) is 17.4. The van der Waals surface area contributed by atoms with Crippen LogP contribution in [0.5, 0.6) is 0 Å². The van der Waals surface area contributed by atoms with Crippen molar-refractivity contribution in [1.29, 1.82) is 0 Å². The van der Waals surface area contributed by atoms with E-state index in [1.165, 1.54) is 32.1 Å². The largest absolute Gasteiger partial charge is 0.508 e. The van der Waals surface area contributed by atoms with Crippen LogP contribution in [-0.2, 0) is 14.3 Å². The molecule has 0 bridgehead atoms. The Bertz CT molecular complexity index is 303. The standard InChI is InChI=1S/C18H36NO4/c1-4-7-8-9-10-11-12-16-22-18(21)23-17-14-19(5-2,6-3)13-15-20/h15H,4-14,16-17H2,1-3H3/q+1. The van der Waals surface area contributed by atoms with Crippen molar-refractivity contribution in [3.05, 3.63) is 0 Å². The molecule has 0 unspecified atom stereocenters. The van der Waals surface area contributed by atoms with E-state index in [0.717, 1.165) is 32.2 Å². The van der Waals surface area contributed by atoms with E-state index < -0.39 is 6.16 Å². The van der Waals surface area contributed by atoms with Crippen LogP contribution >= 0.6 is 0 Å². The maximum atomic E-state index is 11.5. The summed E-state index contributed by atoms with van der Waals surface area (Å²) in [5, 5.41) is 0. The highest BCUT2D eigenvalue weighted by Crippen LogP contribution is 2.07. The molecule has 0 heterocycles. The first-order chi connectivity index (χ1) is 11.1. The molecule has 0 spiro atoms. The Morgan fingerprint density at radius 3 is 2.00 bits per heavy atom. The summed E-state index contributed by atoms with van der Waals surface area (Å²) >= 11 is 0. The molecule has 0 atom stereocenters. The number of likely N-dealkylation sites (N-methyl/N-ethyl adjacent to an activating group) is 1. The SMILES string of the molecule is CCCCCCCCCOC(=O)OCC[N+](CC)(CC)CC=O. The van der Waals surface area contributed by atoms with Crippen LogP contribution in [-0.4, -0.2) is 56.3 Å². The van der Waals surface area contributed by atoms with Gasteiger partial charge >= 0.3 is 6.16 Å². The number of quaternary nitrogens is 1. The van der Waals surface area contributed by atoms with Gasteiger partial charge in [0.25, 0.3) is 0 Å². The third kappa shape index (κ3) is 11.1. The van der Waals surface area contributed by atoms with Crippen LogP contribution in [0.15, 0.2) is 0 Å². The Kier molecular flexibility index (Phi) is 13.8. The molecular weight excluding hydrogens is 294 g/mol. The summed E-state index contributed by atoms with van der Waals surface area (Å²) < 4.78 is 10.8. The number of hydrogen-bond donors (Lipinski definition) is 0. The quantitative estimate of drug-likeness (QED) is 0.197. The Balaban J connectivity index is 3.65. The molecule has 23 heavy (non-hydrogen) atoms. The minimum Gasteiger partial charge on any atom is -0.434 e. The average Bonchev–Trinajstić information content (AvgIpc) is 2.56. The van der Waals surface area contributed by atoms with Crippen molar-refractivity contribution in [3.8, 4) is 0 Å². The molecule has 0 aromatic heterocycles. The van der Waals surface area contributed by atoms with Crippen LogP contribution in [0.2, 0.25) is 0 Å². The summed E-state index contributed by atoms with van der Waals surface area (Å²) in [5.74, 6) is 0. The second-order valence-electron chi connectivity index (χ2n) is 6.12. The van der Waals surface area contributed by atoms with E-state index in [-0.39, 0.29) is 0 Å². The fourth-order valence-electron chi connectivity index (χ4n) is 2.63. The molecule has 0 aliphatic rings. The van der Waals surface area contributed by atoms with Gasteiger partial charge in [-0.15, -0.1) is 0 Å². The first-order valence-electron chi connectivity index (χ1n) is 9.22. The summed E-state index contributed by atoms with van der Waals surface area (Å²) in [6.07, 6.45) is 8.69. The van der Waals surface area contributed by atoms with Crippen molar-refractivity contribution in [3.63, 3.8) is 0 Å². The normalized spacial score (nSPS) is 11.3. The molecule has 0 aliphatic carbocycles. The third-order valence-electron chi connectivity index (χ3n) is 4.56. The van der Waals surface area contributed by atoms with Gasteiger partial charge in [0.2, 0.25) is 0 Å². The van der Waals surface area contributed by atoms with Crippen molar-refractivity contribution in [1.82, 2.24) is 0 Å². The molecule has 5 nitrogen and oxygen atoms in total. The molecule has 0 aliphatic heterocycles. The van der Waals surface area contributed by atoms with E-state index in [4.69, 9.17) is 9.47 Å². The van der Waals surface area contributed by atoms with Crippen LogP contribution in [0.25, 0.3) is 0 Å². The van der Waals surface area contributed by atoms with Gasteiger partial charge in [0.1, 0.15) is 19.7 Å². The molecule has 0 aromatic rings. The highest BCUT2D eigenvalue weighted by molar-refractivity contribution is 5.59. The molecule has 0 amide bonds. The van der Waals surface area contributed by atoms with Gasteiger partial charge in [-0.3, -0.25) is 4.79 Å². The van der Waals surface area contributed by atoms with E-state index >= 15 is 0 Å². The summed E-state index contributed by atoms with van der Waals surface area (Å²) in [7, 11) is 0. The van der Waals surface area contributed by atoms with Crippen LogP contribution in [0.1, 0.15) is 65.7 Å². The lowest BCUT2D eigenvalue weighted by molar-refractivity contribution is -0.916. The molecular formula is C18H36NO4+. The number of rotatable bonds is 15. The van der Waals surface area contributed by atoms with Gasteiger partial charge in [0.15, 0.2) is 6.29 Å². The molecule has 0 saturated carbocycles. The number of carbonyl (C=O) groups excluding carboxylic acids is 2. The van der Waals surface area contributed by atoms with Crippen LogP contribution in [0.4, 0.5) is 4.79 Å². The molecule has 136 valence electrons. The number of unbranched alkanes of at least 4 members (excludes halogenated alkanes) is 6.